The van der Waals surface area contributed by atoms with E-state index in [4.69, 9.17) is 9.15 Å². The summed E-state index contributed by atoms with van der Waals surface area (Å²) in [7, 11) is 3.41. The number of ether oxygens (including phenoxy) is 1. The largest absolute Gasteiger partial charge is 0.497 e. The molecule has 0 bridgehead atoms. The molecule has 0 radical (unpaired) electrons. The van der Waals surface area contributed by atoms with Gasteiger partial charge in [0.2, 0.25) is 0 Å². The molecule has 1 aliphatic rings. The molecule has 0 amide bonds. The smallest absolute Gasteiger partial charge is 0.191 e. The van der Waals surface area contributed by atoms with Crippen molar-refractivity contribution >= 4 is 29.9 Å². The van der Waals surface area contributed by atoms with E-state index < -0.39 is 0 Å². The summed E-state index contributed by atoms with van der Waals surface area (Å²) in [6, 6.07) is 11.8. The van der Waals surface area contributed by atoms with E-state index >= 15 is 0 Å². The van der Waals surface area contributed by atoms with Gasteiger partial charge >= 0.3 is 0 Å². The Morgan fingerprint density at radius 3 is 2.66 bits per heavy atom. The van der Waals surface area contributed by atoms with E-state index in [2.05, 4.69) is 35.7 Å². The van der Waals surface area contributed by atoms with Crippen molar-refractivity contribution in [1.29, 1.82) is 0 Å². The number of aromatic nitrogens is 3. The standard InChI is InChI=1S/C22H29N7O2.HI/c1-23-22(24-14-18(19-6-5-13-31-19)29-11-3-4-12-29)25-15-20-26-21(28-27-20)16-7-9-17(30-2)10-8-16;/h5-10,13,18H,3-4,11-12,14-15H2,1-2H3,(H2,23,24,25)(H,26,27,28);1H. The Labute approximate surface area is 205 Å². The van der Waals surface area contributed by atoms with Gasteiger partial charge in [-0.05, 0) is 62.3 Å². The van der Waals surface area contributed by atoms with Gasteiger partial charge in [0.05, 0.1) is 26.0 Å². The third kappa shape index (κ3) is 6.00. The van der Waals surface area contributed by atoms with Gasteiger partial charge in [-0.25, -0.2) is 4.98 Å². The van der Waals surface area contributed by atoms with Gasteiger partial charge in [-0.15, -0.1) is 24.0 Å². The summed E-state index contributed by atoms with van der Waals surface area (Å²) in [6.45, 7) is 3.37. The Kier molecular flexibility index (Phi) is 8.91. The van der Waals surface area contributed by atoms with Crippen LogP contribution in [-0.4, -0.2) is 59.8 Å². The fraction of sp³-hybridized carbons (Fsp3) is 0.409. The highest BCUT2D eigenvalue weighted by molar-refractivity contribution is 14.0. The fourth-order valence-corrected chi connectivity index (χ4v) is 3.77. The second-order valence-corrected chi connectivity index (χ2v) is 7.42. The average Bonchev–Trinajstić information content (AvgIpc) is 3.59. The number of guanidine groups is 1. The lowest BCUT2D eigenvalue weighted by atomic mass is 10.2. The van der Waals surface area contributed by atoms with Crippen molar-refractivity contribution in [2.24, 2.45) is 4.99 Å². The summed E-state index contributed by atoms with van der Waals surface area (Å²) < 4.78 is 10.9. The zero-order valence-corrected chi connectivity index (χ0v) is 20.7. The van der Waals surface area contributed by atoms with Crippen molar-refractivity contribution in [3.05, 3.63) is 54.2 Å². The van der Waals surface area contributed by atoms with Gasteiger partial charge in [0.1, 0.15) is 17.3 Å². The Balaban J connectivity index is 0.00000289. The second kappa shape index (κ2) is 11.9. The van der Waals surface area contributed by atoms with Crippen LogP contribution in [0.15, 0.2) is 52.1 Å². The molecule has 0 aliphatic carbocycles. The molecular weight excluding hydrogens is 521 g/mol. The molecule has 4 rings (SSSR count). The van der Waals surface area contributed by atoms with Crippen molar-refractivity contribution < 1.29 is 9.15 Å². The molecule has 3 heterocycles. The first-order valence-corrected chi connectivity index (χ1v) is 10.5. The van der Waals surface area contributed by atoms with Crippen molar-refractivity contribution in [2.75, 3.05) is 33.8 Å². The highest BCUT2D eigenvalue weighted by Crippen LogP contribution is 2.25. The molecule has 32 heavy (non-hydrogen) atoms. The zero-order valence-electron chi connectivity index (χ0n) is 18.4. The van der Waals surface area contributed by atoms with Crippen molar-refractivity contribution in [3.63, 3.8) is 0 Å². The van der Waals surface area contributed by atoms with Crippen LogP contribution in [0.4, 0.5) is 0 Å². The molecule has 3 N–H and O–H groups in total. The van der Waals surface area contributed by atoms with Gasteiger partial charge in [0, 0.05) is 19.2 Å². The second-order valence-electron chi connectivity index (χ2n) is 7.42. The fourth-order valence-electron chi connectivity index (χ4n) is 3.77. The number of nitrogens with zero attached hydrogens (tertiary/aromatic N) is 4. The molecule has 1 saturated heterocycles. The predicted molar refractivity (Wildman–Crippen MR) is 134 cm³/mol. The quantitative estimate of drug-likeness (QED) is 0.225. The molecule has 0 saturated carbocycles. The van der Waals surface area contributed by atoms with Crippen LogP contribution in [-0.2, 0) is 6.54 Å². The zero-order chi connectivity index (χ0) is 21.5. The first-order chi connectivity index (χ1) is 15.3. The van der Waals surface area contributed by atoms with Crippen LogP contribution in [0.3, 0.4) is 0 Å². The topological polar surface area (TPSA) is 104 Å². The number of aromatic amines is 1. The van der Waals surface area contributed by atoms with Crippen molar-refractivity contribution in [2.45, 2.75) is 25.4 Å². The summed E-state index contributed by atoms with van der Waals surface area (Å²) in [6.07, 6.45) is 4.19. The van der Waals surface area contributed by atoms with Crippen LogP contribution in [0.2, 0.25) is 0 Å². The molecule has 3 aromatic rings. The number of benzene rings is 1. The number of methoxy groups -OCH3 is 1. The Morgan fingerprint density at radius 1 is 1.22 bits per heavy atom. The molecule has 1 fully saturated rings. The molecule has 10 heteroatoms. The van der Waals surface area contributed by atoms with E-state index in [1.165, 1.54) is 12.8 Å². The first-order valence-electron chi connectivity index (χ1n) is 10.5. The van der Waals surface area contributed by atoms with Crippen LogP contribution in [0.1, 0.15) is 30.5 Å². The molecule has 2 aromatic heterocycles. The maximum atomic E-state index is 5.69. The number of furan rings is 1. The minimum Gasteiger partial charge on any atom is -0.497 e. The van der Waals surface area contributed by atoms with Crippen molar-refractivity contribution in [3.8, 4) is 17.1 Å². The highest BCUT2D eigenvalue weighted by atomic mass is 127. The molecule has 0 spiro atoms. The summed E-state index contributed by atoms with van der Waals surface area (Å²) in [5.41, 5.74) is 0.928. The van der Waals surface area contributed by atoms with Gasteiger partial charge in [-0.3, -0.25) is 15.0 Å². The Morgan fingerprint density at radius 2 is 2.00 bits per heavy atom. The third-order valence-electron chi connectivity index (χ3n) is 5.44. The van der Waals surface area contributed by atoms with E-state index in [0.717, 1.165) is 36.0 Å². The van der Waals surface area contributed by atoms with E-state index in [9.17, 15) is 0 Å². The number of H-pyrrole nitrogens is 1. The van der Waals surface area contributed by atoms with E-state index in [-0.39, 0.29) is 30.0 Å². The lowest BCUT2D eigenvalue weighted by Gasteiger charge is -2.26. The number of likely N-dealkylation sites (tertiary alicyclic amines) is 1. The summed E-state index contributed by atoms with van der Waals surface area (Å²) >= 11 is 0. The Hall–Kier alpha value is -2.60. The first kappa shape index (κ1) is 24.1. The van der Waals surface area contributed by atoms with Crippen LogP contribution in [0, 0.1) is 0 Å². The lowest BCUT2D eigenvalue weighted by Crippen LogP contribution is -2.42. The van der Waals surface area contributed by atoms with Crippen LogP contribution < -0.4 is 15.4 Å². The maximum Gasteiger partial charge on any atom is 0.191 e. The molecule has 1 aliphatic heterocycles. The van der Waals surface area contributed by atoms with Gasteiger partial charge in [0.15, 0.2) is 11.8 Å². The van der Waals surface area contributed by atoms with Crippen molar-refractivity contribution in [1.82, 2.24) is 30.7 Å². The van der Waals surface area contributed by atoms with Gasteiger partial charge in [-0.1, -0.05) is 0 Å². The maximum absolute atomic E-state index is 5.69. The molecular formula is C22H30IN7O2. The summed E-state index contributed by atoms with van der Waals surface area (Å²) in [4.78, 5) is 11.4. The lowest BCUT2D eigenvalue weighted by molar-refractivity contribution is 0.215. The molecule has 172 valence electrons. The average molecular weight is 551 g/mol. The van der Waals surface area contributed by atoms with Gasteiger partial charge in [0.25, 0.3) is 0 Å². The number of halogens is 1. The van der Waals surface area contributed by atoms with Crippen LogP contribution in [0.25, 0.3) is 11.4 Å². The van der Waals surface area contributed by atoms with Crippen LogP contribution >= 0.6 is 24.0 Å². The van der Waals surface area contributed by atoms with Crippen LogP contribution in [0.5, 0.6) is 5.75 Å². The number of nitrogens with one attached hydrogen (secondary N) is 3. The SMILES string of the molecule is CN=C(NCc1nc(-c2ccc(OC)cc2)n[nH]1)NCC(c1ccco1)N1CCCC1.I. The monoisotopic (exact) mass is 551 g/mol. The van der Waals surface area contributed by atoms with Gasteiger partial charge in [-0.2, -0.15) is 5.10 Å². The number of hydrogen-bond donors (Lipinski definition) is 3. The van der Waals surface area contributed by atoms with E-state index in [1.54, 1.807) is 20.4 Å². The Bertz CT molecular complexity index is 967. The summed E-state index contributed by atoms with van der Waals surface area (Å²) in [5, 5.41) is 14.0. The van der Waals surface area contributed by atoms with E-state index in [1.807, 2.05) is 36.4 Å². The number of rotatable bonds is 8. The van der Waals surface area contributed by atoms with Gasteiger partial charge < -0.3 is 19.8 Å². The normalized spacial score (nSPS) is 15.2. The molecule has 1 aromatic carbocycles. The number of hydrogen-bond acceptors (Lipinski definition) is 6. The number of aliphatic imine (C=N–C) groups is 1. The van der Waals surface area contributed by atoms with E-state index in [0.29, 0.717) is 24.9 Å². The predicted octanol–water partition coefficient (Wildman–Crippen LogP) is 3.19. The molecule has 1 atom stereocenters. The minimum absolute atomic E-state index is 0. The highest BCUT2D eigenvalue weighted by Gasteiger charge is 2.25. The molecule has 1 unspecified atom stereocenters. The minimum atomic E-state index is 0. The summed E-state index contributed by atoms with van der Waals surface area (Å²) in [5.74, 6) is 3.87. The third-order valence-corrected chi connectivity index (χ3v) is 5.44. The molecule has 9 nitrogen and oxygen atoms in total.